The Morgan fingerprint density at radius 2 is 1.90 bits per heavy atom. The van der Waals surface area contributed by atoms with Crippen molar-refractivity contribution in [2.24, 2.45) is 0 Å². The van der Waals surface area contributed by atoms with Gasteiger partial charge in [0.1, 0.15) is 0 Å². The summed E-state index contributed by atoms with van der Waals surface area (Å²) in [7, 11) is -2.11. The summed E-state index contributed by atoms with van der Waals surface area (Å²) in [5, 5.41) is 8.52. The summed E-state index contributed by atoms with van der Waals surface area (Å²) in [4.78, 5) is 10.5. The predicted octanol–water partition coefficient (Wildman–Crippen LogP) is 1.49. The molecule has 7 heteroatoms. The average Bonchev–Trinajstić information content (AvgIpc) is 2.44. The highest BCUT2D eigenvalue weighted by atomic mass is 32.2. The summed E-state index contributed by atoms with van der Waals surface area (Å²) in [6, 6.07) is 5.91. The monoisotopic (exact) mass is 313 g/mol. The minimum absolute atomic E-state index is 0.113. The highest BCUT2D eigenvalue weighted by Gasteiger charge is 2.21. The third kappa shape index (κ3) is 5.66. The Hall–Kier alpha value is -1.70. The van der Waals surface area contributed by atoms with Crippen LogP contribution < -0.4 is 4.72 Å². The van der Waals surface area contributed by atoms with Gasteiger partial charge < -0.3 is 9.84 Å². The molecule has 0 unspecified atom stereocenters. The Balaban J connectivity index is 2.83. The first-order valence-corrected chi connectivity index (χ1v) is 7.70. The number of sulfonamides is 1. The fraction of sp³-hybridized carbons (Fsp3) is 0.357. The van der Waals surface area contributed by atoms with Gasteiger partial charge in [0.25, 0.3) is 0 Å². The number of ether oxygens (including phenoxy) is 1. The highest BCUT2D eigenvalue weighted by molar-refractivity contribution is 7.89. The number of carboxylic acids is 1. The first kappa shape index (κ1) is 17.4. The Morgan fingerprint density at radius 3 is 2.38 bits per heavy atom. The number of hydrogen-bond donors (Lipinski definition) is 2. The maximum absolute atomic E-state index is 12.1. The second kappa shape index (κ2) is 6.84. The lowest BCUT2D eigenvalue weighted by molar-refractivity contribution is -0.131. The normalized spacial score (nSPS) is 12.7. The van der Waals surface area contributed by atoms with E-state index in [1.54, 1.807) is 13.8 Å². The second-order valence-corrected chi connectivity index (χ2v) is 6.80. The molecule has 21 heavy (non-hydrogen) atoms. The van der Waals surface area contributed by atoms with E-state index < -0.39 is 21.6 Å². The molecule has 0 spiro atoms. The molecule has 0 bridgehead atoms. The van der Waals surface area contributed by atoms with E-state index in [9.17, 15) is 13.2 Å². The molecule has 6 nitrogen and oxygen atoms in total. The van der Waals surface area contributed by atoms with Gasteiger partial charge in [0.2, 0.25) is 10.0 Å². The van der Waals surface area contributed by atoms with Crippen LogP contribution >= 0.6 is 0 Å². The quantitative estimate of drug-likeness (QED) is 0.744. The van der Waals surface area contributed by atoms with Gasteiger partial charge in [0.05, 0.1) is 10.5 Å². The lowest BCUT2D eigenvalue weighted by Crippen LogP contribution is -2.39. The molecular weight excluding hydrogens is 294 g/mol. The topological polar surface area (TPSA) is 92.7 Å². The van der Waals surface area contributed by atoms with Gasteiger partial charge in [-0.25, -0.2) is 17.9 Å². The van der Waals surface area contributed by atoms with Gasteiger partial charge in [0.15, 0.2) is 0 Å². The van der Waals surface area contributed by atoms with Crippen LogP contribution in [0.5, 0.6) is 0 Å². The van der Waals surface area contributed by atoms with E-state index in [0.717, 1.165) is 6.08 Å². The second-order valence-electron chi connectivity index (χ2n) is 5.03. The van der Waals surface area contributed by atoms with Crippen molar-refractivity contribution in [1.29, 1.82) is 0 Å². The van der Waals surface area contributed by atoms with E-state index in [-0.39, 0.29) is 11.4 Å². The molecule has 116 valence electrons. The lowest BCUT2D eigenvalue weighted by Gasteiger charge is -2.23. The first-order chi connectivity index (χ1) is 9.66. The maximum atomic E-state index is 12.1. The Bertz CT molecular complexity index is 617. The zero-order valence-corrected chi connectivity index (χ0v) is 13.0. The fourth-order valence-electron chi connectivity index (χ4n) is 1.35. The molecule has 0 aliphatic carbocycles. The summed E-state index contributed by atoms with van der Waals surface area (Å²) in [5.41, 5.74) is 0.00519. The van der Waals surface area contributed by atoms with Crippen molar-refractivity contribution in [1.82, 2.24) is 4.72 Å². The number of benzene rings is 1. The fourth-order valence-corrected chi connectivity index (χ4v) is 2.55. The Kier molecular flexibility index (Phi) is 5.65. The number of carbonyl (C=O) groups is 1. The molecular formula is C14H19NO5S. The molecule has 0 fully saturated rings. The van der Waals surface area contributed by atoms with Crippen LogP contribution in [0.1, 0.15) is 19.4 Å². The summed E-state index contributed by atoms with van der Waals surface area (Å²) >= 11 is 0. The van der Waals surface area contributed by atoms with Gasteiger partial charge in [-0.3, -0.25) is 0 Å². The van der Waals surface area contributed by atoms with Crippen LogP contribution in [0.4, 0.5) is 0 Å². The summed E-state index contributed by atoms with van der Waals surface area (Å²) < 4.78 is 31.8. The SMILES string of the molecule is COC(C)(C)CNS(=O)(=O)c1ccc(/C=C/C(=O)O)cc1. The number of carboxylic acid groups (broad SMARTS) is 1. The van der Waals surface area contributed by atoms with Gasteiger partial charge in [-0.05, 0) is 37.6 Å². The molecule has 1 rings (SSSR count). The van der Waals surface area contributed by atoms with Gasteiger partial charge >= 0.3 is 5.97 Å². The Morgan fingerprint density at radius 1 is 1.33 bits per heavy atom. The summed E-state index contributed by atoms with van der Waals surface area (Å²) in [6.45, 7) is 3.69. The third-order valence-electron chi connectivity index (χ3n) is 2.85. The molecule has 0 aromatic heterocycles. The van der Waals surface area contributed by atoms with Crippen LogP contribution in [0.2, 0.25) is 0 Å². The average molecular weight is 313 g/mol. The van der Waals surface area contributed by atoms with Crippen molar-refractivity contribution in [3.63, 3.8) is 0 Å². The van der Waals surface area contributed by atoms with E-state index in [1.165, 1.54) is 37.5 Å². The van der Waals surface area contributed by atoms with Crippen LogP contribution in [-0.2, 0) is 19.6 Å². The molecule has 0 saturated carbocycles. The first-order valence-electron chi connectivity index (χ1n) is 6.22. The van der Waals surface area contributed by atoms with E-state index >= 15 is 0 Å². The maximum Gasteiger partial charge on any atom is 0.328 e. The van der Waals surface area contributed by atoms with Crippen molar-refractivity contribution in [2.45, 2.75) is 24.3 Å². The van der Waals surface area contributed by atoms with Gasteiger partial charge in [-0.2, -0.15) is 0 Å². The summed E-state index contributed by atoms with van der Waals surface area (Å²) in [6.07, 6.45) is 2.38. The van der Waals surface area contributed by atoms with Crippen molar-refractivity contribution in [2.75, 3.05) is 13.7 Å². The molecule has 0 amide bonds. The van der Waals surface area contributed by atoms with E-state index in [1.807, 2.05) is 0 Å². The number of methoxy groups -OCH3 is 1. The van der Waals surface area contributed by atoms with Crippen molar-refractivity contribution in [3.8, 4) is 0 Å². The standard InChI is InChI=1S/C14H19NO5S/c1-14(2,20-3)10-15-21(18,19)12-7-4-11(5-8-12)6-9-13(16)17/h4-9,15H,10H2,1-3H3,(H,16,17)/b9-6+. The minimum Gasteiger partial charge on any atom is -0.478 e. The molecule has 1 aromatic rings. The zero-order valence-electron chi connectivity index (χ0n) is 12.2. The van der Waals surface area contributed by atoms with Gasteiger partial charge in [-0.15, -0.1) is 0 Å². The largest absolute Gasteiger partial charge is 0.478 e. The van der Waals surface area contributed by atoms with Crippen molar-refractivity contribution < 1.29 is 23.1 Å². The van der Waals surface area contributed by atoms with Crippen LogP contribution in [0, 0.1) is 0 Å². The van der Waals surface area contributed by atoms with Crippen LogP contribution in [0.15, 0.2) is 35.2 Å². The molecule has 0 atom stereocenters. The zero-order chi connectivity index (χ0) is 16.1. The van der Waals surface area contributed by atoms with Crippen molar-refractivity contribution >= 4 is 22.1 Å². The molecule has 1 aromatic carbocycles. The minimum atomic E-state index is -3.62. The number of rotatable bonds is 7. The predicted molar refractivity (Wildman–Crippen MR) is 79.4 cm³/mol. The number of nitrogens with one attached hydrogen (secondary N) is 1. The van der Waals surface area contributed by atoms with Crippen LogP contribution in [0.25, 0.3) is 6.08 Å². The van der Waals surface area contributed by atoms with Crippen molar-refractivity contribution in [3.05, 3.63) is 35.9 Å². The highest BCUT2D eigenvalue weighted by Crippen LogP contribution is 2.13. The van der Waals surface area contributed by atoms with E-state index in [2.05, 4.69) is 4.72 Å². The van der Waals surface area contributed by atoms with E-state index in [4.69, 9.17) is 9.84 Å². The van der Waals surface area contributed by atoms with Gasteiger partial charge in [-0.1, -0.05) is 12.1 Å². The summed E-state index contributed by atoms with van der Waals surface area (Å²) in [5.74, 6) is -1.06. The Labute approximate surface area is 124 Å². The van der Waals surface area contributed by atoms with Crippen LogP contribution in [-0.4, -0.2) is 38.7 Å². The number of aliphatic carboxylic acids is 1. The molecule has 0 aliphatic rings. The molecule has 0 radical (unpaired) electrons. The molecule has 0 aliphatic heterocycles. The third-order valence-corrected chi connectivity index (χ3v) is 4.27. The van der Waals surface area contributed by atoms with E-state index in [0.29, 0.717) is 5.56 Å². The molecule has 0 heterocycles. The lowest BCUT2D eigenvalue weighted by atomic mass is 10.1. The smallest absolute Gasteiger partial charge is 0.328 e. The van der Waals surface area contributed by atoms with Gasteiger partial charge in [0, 0.05) is 19.7 Å². The molecule has 0 saturated heterocycles. The number of hydrogen-bond acceptors (Lipinski definition) is 4. The van der Waals surface area contributed by atoms with Crippen LogP contribution in [0.3, 0.4) is 0 Å². The molecule has 2 N–H and O–H groups in total.